The molecular weight excluding hydrogens is 400 g/mol. The van der Waals surface area contributed by atoms with Gasteiger partial charge in [-0.05, 0) is 49.7 Å². The van der Waals surface area contributed by atoms with Crippen LogP contribution in [-0.4, -0.2) is 35.2 Å². The van der Waals surface area contributed by atoms with Gasteiger partial charge in [0.1, 0.15) is 10.8 Å². The van der Waals surface area contributed by atoms with E-state index >= 15 is 0 Å². The highest BCUT2D eigenvalue weighted by atomic mass is 32.1. The van der Waals surface area contributed by atoms with Crippen LogP contribution in [0.1, 0.15) is 40.2 Å². The number of hydrogen-bond acceptors (Lipinski definition) is 6. The highest BCUT2D eigenvalue weighted by Gasteiger charge is 2.34. The van der Waals surface area contributed by atoms with Crippen LogP contribution in [0.25, 0.3) is 0 Å². The summed E-state index contributed by atoms with van der Waals surface area (Å²) < 4.78 is 5.39. The van der Waals surface area contributed by atoms with Crippen LogP contribution in [0.4, 0.5) is 10.8 Å². The van der Waals surface area contributed by atoms with Crippen LogP contribution in [0, 0.1) is 6.92 Å². The fourth-order valence-corrected chi connectivity index (χ4v) is 4.29. The minimum atomic E-state index is -0.259. The number of hydrogen-bond donors (Lipinski definition) is 1. The summed E-state index contributed by atoms with van der Waals surface area (Å²) in [5, 5.41) is 12.3. The van der Waals surface area contributed by atoms with Gasteiger partial charge in [-0.1, -0.05) is 29.5 Å². The van der Waals surface area contributed by atoms with Crippen molar-refractivity contribution in [3.8, 4) is 5.75 Å². The molecule has 1 aromatic heterocycles. The van der Waals surface area contributed by atoms with Gasteiger partial charge in [-0.25, -0.2) is 0 Å². The van der Waals surface area contributed by atoms with Crippen molar-refractivity contribution in [2.45, 2.75) is 26.2 Å². The van der Waals surface area contributed by atoms with Gasteiger partial charge in [-0.2, -0.15) is 0 Å². The van der Waals surface area contributed by atoms with E-state index in [1.54, 1.807) is 29.2 Å². The average Bonchev–Trinajstić information content (AvgIpc) is 3.36. The molecule has 0 unspecified atom stereocenters. The number of ether oxygens (including phenoxy) is 1. The van der Waals surface area contributed by atoms with Gasteiger partial charge in [0.05, 0.1) is 6.61 Å². The topological polar surface area (TPSA) is 84.4 Å². The van der Waals surface area contributed by atoms with Crippen molar-refractivity contribution >= 4 is 34.0 Å². The Morgan fingerprint density at radius 1 is 1.20 bits per heavy atom. The summed E-state index contributed by atoms with van der Waals surface area (Å²) in [7, 11) is 0. The van der Waals surface area contributed by atoms with Crippen molar-refractivity contribution < 1.29 is 14.3 Å². The molecular formula is C22H22N4O3S. The first-order valence-electron chi connectivity index (χ1n) is 9.78. The maximum absolute atomic E-state index is 12.6. The lowest BCUT2D eigenvalue weighted by Crippen LogP contribution is -2.25. The van der Waals surface area contributed by atoms with Crippen molar-refractivity contribution in [1.82, 2.24) is 10.2 Å². The monoisotopic (exact) mass is 422 g/mol. The van der Waals surface area contributed by atoms with Crippen LogP contribution in [0.5, 0.6) is 5.75 Å². The third kappa shape index (κ3) is 4.18. The molecule has 1 N–H and O–H groups in total. The summed E-state index contributed by atoms with van der Waals surface area (Å²) in [6, 6.07) is 14.8. The fraction of sp³-hybridized carbons (Fsp3) is 0.273. The number of benzene rings is 2. The molecule has 1 atom stereocenters. The van der Waals surface area contributed by atoms with E-state index < -0.39 is 0 Å². The third-order valence-corrected chi connectivity index (χ3v) is 5.97. The molecule has 2 heterocycles. The van der Waals surface area contributed by atoms with E-state index in [1.165, 1.54) is 11.3 Å². The Morgan fingerprint density at radius 3 is 2.70 bits per heavy atom. The lowest BCUT2D eigenvalue weighted by Gasteiger charge is -2.18. The Morgan fingerprint density at radius 2 is 1.97 bits per heavy atom. The molecule has 2 amide bonds. The van der Waals surface area contributed by atoms with Gasteiger partial charge in [0.2, 0.25) is 11.0 Å². The molecule has 2 aromatic carbocycles. The number of para-hydroxylation sites is 1. The lowest BCUT2D eigenvalue weighted by molar-refractivity contribution is -0.117. The molecule has 0 radical (unpaired) electrons. The number of amides is 2. The van der Waals surface area contributed by atoms with Crippen LogP contribution in [0.2, 0.25) is 0 Å². The van der Waals surface area contributed by atoms with Crippen molar-refractivity contribution in [3.05, 3.63) is 64.7 Å². The molecule has 3 aromatic rings. The number of rotatable bonds is 6. The Balaban J connectivity index is 1.42. The quantitative estimate of drug-likeness (QED) is 0.649. The molecule has 0 aliphatic carbocycles. The molecule has 7 nitrogen and oxygen atoms in total. The van der Waals surface area contributed by atoms with E-state index in [1.807, 2.05) is 38.1 Å². The van der Waals surface area contributed by atoms with Crippen LogP contribution < -0.4 is 15.0 Å². The number of carbonyl (C=O) groups excluding carboxylic acids is 2. The first-order valence-corrected chi connectivity index (χ1v) is 10.6. The first kappa shape index (κ1) is 20.0. The molecule has 1 fully saturated rings. The predicted molar refractivity (Wildman–Crippen MR) is 116 cm³/mol. The van der Waals surface area contributed by atoms with Gasteiger partial charge in [0.15, 0.2) is 0 Å². The number of carbonyl (C=O) groups is 2. The number of nitrogens with zero attached hydrogens (tertiary/aromatic N) is 3. The summed E-state index contributed by atoms with van der Waals surface area (Å²) in [6.45, 7) is 5.04. The molecule has 4 rings (SSSR count). The smallest absolute Gasteiger partial charge is 0.257 e. The lowest BCUT2D eigenvalue weighted by atomic mass is 10.1. The minimum absolute atomic E-state index is 0.0364. The standard InChI is InChI=1S/C22H22N4O3S/c1-3-29-17-10-8-15(9-11-17)20(28)23-22-25-24-21(30-22)16-12-19(27)26(13-16)18-7-5-4-6-14(18)2/h4-11,16H,3,12-13H2,1-2H3,(H,23,25,28)/t16-/m1/s1. The van der Waals surface area contributed by atoms with Gasteiger partial charge in [0.25, 0.3) is 5.91 Å². The first-order chi connectivity index (χ1) is 14.5. The van der Waals surface area contributed by atoms with Gasteiger partial charge in [-0.3, -0.25) is 14.9 Å². The average molecular weight is 423 g/mol. The second-order valence-corrected chi connectivity index (χ2v) is 8.06. The zero-order valence-corrected chi connectivity index (χ0v) is 17.6. The summed E-state index contributed by atoms with van der Waals surface area (Å²) in [5.74, 6) is 0.497. The van der Waals surface area contributed by atoms with Gasteiger partial charge < -0.3 is 9.64 Å². The predicted octanol–water partition coefficient (Wildman–Crippen LogP) is 4.02. The molecule has 30 heavy (non-hydrogen) atoms. The zero-order valence-electron chi connectivity index (χ0n) is 16.8. The van der Waals surface area contributed by atoms with E-state index in [9.17, 15) is 9.59 Å². The van der Waals surface area contributed by atoms with E-state index in [-0.39, 0.29) is 17.7 Å². The molecule has 0 saturated carbocycles. The zero-order chi connectivity index (χ0) is 21.1. The van der Waals surface area contributed by atoms with Gasteiger partial charge in [-0.15, -0.1) is 10.2 Å². The molecule has 1 saturated heterocycles. The number of aryl methyl sites for hydroxylation is 1. The number of nitrogens with one attached hydrogen (secondary N) is 1. The van der Waals surface area contributed by atoms with Crippen molar-refractivity contribution in [3.63, 3.8) is 0 Å². The van der Waals surface area contributed by atoms with E-state index in [0.717, 1.165) is 22.0 Å². The summed E-state index contributed by atoms with van der Waals surface area (Å²) >= 11 is 1.31. The van der Waals surface area contributed by atoms with Crippen molar-refractivity contribution in [2.75, 3.05) is 23.4 Å². The highest BCUT2D eigenvalue weighted by molar-refractivity contribution is 7.15. The van der Waals surface area contributed by atoms with Crippen molar-refractivity contribution in [1.29, 1.82) is 0 Å². The summed E-state index contributed by atoms with van der Waals surface area (Å²) in [5.41, 5.74) is 2.50. The van der Waals surface area contributed by atoms with E-state index in [4.69, 9.17) is 4.74 Å². The minimum Gasteiger partial charge on any atom is -0.494 e. The maximum Gasteiger partial charge on any atom is 0.257 e. The molecule has 0 spiro atoms. The van der Waals surface area contributed by atoms with Crippen molar-refractivity contribution in [2.24, 2.45) is 0 Å². The molecule has 8 heteroatoms. The SMILES string of the molecule is CCOc1ccc(C(=O)Nc2nnc([C@@H]3CC(=O)N(c4ccccc4C)C3)s2)cc1. The third-order valence-electron chi connectivity index (χ3n) is 4.97. The highest BCUT2D eigenvalue weighted by Crippen LogP contribution is 2.35. The molecule has 0 bridgehead atoms. The van der Waals surface area contributed by atoms with Crippen LogP contribution >= 0.6 is 11.3 Å². The Hall–Kier alpha value is -3.26. The van der Waals surface area contributed by atoms with Crippen LogP contribution in [0.3, 0.4) is 0 Å². The Kier molecular flexibility index (Phi) is 5.76. The Labute approximate surface area is 178 Å². The van der Waals surface area contributed by atoms with E-state index in [0.29, 0.717) is 30.3 Å². The molecule has 154 valence electrons. The van der Waals surface area contributed by atoms with Crippen LogP contribution in [-0.2, 0) is 4.79 Å². The molecule has 1 aliphatic heterocycles. The Bertz CT molecular complexity index is 1060. The second-order valence-electron chi connectivity index (χ2n) is 7.05. The van der Waals surface area contributed by atoms with E-state index in [2.05, 4.69) is 15.5 Å². The normalized spacial score (nSPS) is 16.0. The van der Waals surface area contributed by atoms with Gasteiger partial charge in [0, 0.05) is 30.1 Å². The summed E-state index contributed by atoms with van der Waals surface area (Å²) in [4.78, 5) is 26.8. The maximum atomic E-state index is 12.6. The summed E-state index contributed by atoms with van der Waals surface area (Å²) in [6.07, 6.45) is 0.385. The fourth-order valence-electron chi connectivity index (χ4n) is 3.46. The number of anilines is 2. The largest absolute Gasteiger partial charge is 0.494 e. The second kappa shape index (κ2) is 8.62. The van der Waals surface area contributed by atoms with Gasteiger partial charge >= 0.3 is 0 Å². The molecule has 1 aliphatic rings. The number of aromatic nitrogens is 2. The van der Waals surface area contributed by atoms with Crippen LogP contribution in [0.15, 0.2) is 48.5 Å².